The average molecular weight is 390 g/mol. The average Bonchev–Trinajstić information content (AvgIpc) is 2.64. The van der Waals surface area contributed by atoms with Crippen molar-refractivity contribution >= 4 is 15.9 Å². The van der Waals surface area contributed by atoms with Crippen LogP contribution >= 0.6 is 0 Å². The number of carbonyl (C=O) groups excluding carboxylic acids is 1. The van der Waals surface area contributed by atoms with E-state index in [1.807, 2.05) is 12.1 Å². The molecule has 0 aromatic heterocycles. The number of sulfonamides is 1. The zero-order valence-electron chi connectivity index (χ0n) is 16.0. The van der Waals surface area contributed by atoms with Gasteiger partial charge in [-0.2, -0.15) is 0 Å². The monoisotopic (exact) mass is 389 g/mol. The highest BCUT2D eigenvalue weighted by atomic mass is 32.2. The second-order valence-electron chi connectivity index (χ2n) is 6.49. The molecule has 146 valence electrons. The molecule has 2 aromatic rings. The molecule has 7 heteroatoms. The van der Waals surface area contributed by atoms with Crippen LogP contribution in [0.25, 0.3) is 0 Å². The number of benzene rings is 2. The molecule has 0 unspecified atom stereocenters. The number of hydrogen-bond donors (Lipinski definition) is 2. The Kier molecular flexibility index (Phi) is 7.12. The predicted octanol–water partition coefficient (Wildman–Crippen LogP) is 2.41. The number of hydrogen-bond acceptors (Lipinski definition) is 4. The summed E-state index contributed by atoms with van der Waals surface area (Å²) < 4.78 is 23.2. The lowest BCUT2D eigenvalue weighted by molar-refractivity contribution is 0.0950. The quantitative estimate of drug-likeness (QED) is 0.725. The van der Waals surface area contributed by atoms with Crippen molar-refractivity contribution < 1.29 is 13.2 Å². The van der Waals surface area contributed by atoms with Gasteiger partial charge in [-0.15, -0.1) is 0 Å². The Labute approximate surface area is 161 Å². The van der Waals surface area contributed by atoms with E-state index in [-0.39, 0.29) is 16.4 Å². The van der Waals surface area contributed by atoms with E-state index < -0.39 is 10.0 Å². The second kappa shape index (κ2) is 9.12. The zero-order valence-corrected chi connectivity index (χ0v) is 16.8. The molecule has 0 bridgehead atoms. The van der Waals surface area contributed by atoms with Crippen molar-refractivity contribution in [3.05, 3.63) is 64.7 Å². The van der Waals surface area contributed by atoms with Crippen LogP contribution in [-0.4, -0.2) is 32.3 Å². The molecule has 0 aliphatic carbocycles. The fraction of sp³-hybridized carbons (Fsp3) is 0.350. The van der Waals surface area contributed by atoms with E-state index in [4.69, 9.17) is 5.14 Å². The van der Waals surface area contributed by atoms with E-state index in [1.165, 1.54) is 11.6 Å². The SMILES string of the molecule is CCN(CC)Cc1ccc(CNC(=O)c2ccc(C)c(S(N)(=O)=O)c2)cc1. The maximum Gasteiger partial charge on any atom is 0.251 e. The van der Waals surface area contributed by atoms with Crippen LogP contribution in [0.4, 0.5) is 0 Å². The van der Waals surface area contributed by atoms with Gasteiger partial charge < -0.3 is 5.32 Å². The summed E-state index contributed by atoms with van der Waals surface area (Å²) >= 11 is 0. The van der Waals surface area contributed by atoms with Crippen LogP contribution in [0, 0.1) is 6.92 Å². The first-order chi connectivity index (χ1) is 12.7. The molecule has 0 fully saturated rings. The highest BCUT2D eigenvalue weighted by Crippen LogP contribution is 2.16. The molecule has 0 saturated carbocycles. The summed E-state index contributed by atoms with van der Waals surface area (Å²) in [4.78, 5) is 14.6. The fourth-order valence-electron chi connectivity index (χ4n) is 2.80. The normalized spacial score (nSPS) is 11.6. The number of carbonyl (C=O) groups is 1. The molecular weight excluding hydrogens is 362 g/mol. The Morgan fingerprint density at radius 3 is 2.19 bits per heavy atom. The molecule has 27 heavy (non-hydrogen) atoms. The number of aryl methyl sites for hydroxylation is 1. The van der Waals surface area contributed by atoms with Crippen LogP contribution in [-0.2, 0) is 23.1 Å². The number of rotatable bonds is 8. The minimum atomic E-state index is -3.86. The molecule has 6 nitrogen and oxygen atoms in total. The molecule has 0 saturated heterocycles. The Morgan fingerprint density at radius 2 is 1.63 bits per heavy atom. The molecule has 2 aromatic carbocycles. The van der Waals surface area contributed by atoms with Gasteiger partial charge in [0.2, 0.25) is 10.0 Å². The highest BCUT2D eigenvalue weighted by molar-refractivity contribution is 7.89. The van der Waals surface area contributed by atoms with Crippen LogP contribution in [0.3, 0.4) is 0 Å². The van der Waals surface area contributed by atoms with Gasteiger partial charge in [0.15, 0.2) is 0 Å². The first kappa shape index (κ1) is 21.1. The first-order valence-electron chi connectivity index (χ1n) is 8.96. The Bertz CT molecular complexity index is 889. The van der Waals surface area contributed by atoms with E-state index in [9.17, 15) is 13.2 Å². The van der Waals surface area contributed by atoms with E-state index >= 15 is 0 Å². The zero-order chi connectivity index (χ0) is 20.0. The lowest BCUT2D eigenvalue weighted by Gasteiger charge is -2.18. The molecular formula is C20H27N3O3S. The van der Waals surface area contributed by atoms with Crippen molar-refractivity contribution in [2.45, 2.75) is 38.8 Å². The third-order valence-corrected chi connectivity index (χ3v) is 5.59. The summed E-state index contributed by atoms with van der Waals surface area (Å²) in [5.74, 6) is -0.341. The molecule has 0 radical (unpaired) electrons. The second-order valence-corrected chi connectivity index (χ2v) is 8.02. The van der Waals surface area contributed by atoms with Gasteiger partial charge in [0.1, 0.15) is 0 Å². The van der Waals surface area contributed by atoms with E-state index in [0.717, 1.165) is 25.2 Å². The van der Waals surface area contributed by atoms with Crippen LogP contribution in [0.15, 0.2) is 47.4 Å². The van der Waals surface area contributed by atoms with Gasteiger partial charge in [0.05, 0.1) is 4.90 Å². The van der Waals surface area contributed by atoms with Crippen molar-refractivity contribution in [3.8, 4) is 0 Å². The lowest BCUT2D eigenvalue weighted by atomic mass is 10.1. The van der Waals surface area contributed by atoms with Gasteiger partial charge in [0.25, 0.3) is 5.91 Å². The minimum absolute atomic E-state index is 0.0316. The smallest absolute Gasteiger partial charge is 0.251 e. The van der Waals surface area contributed by atoms with Crippen molar-refractivity contribution in [2.75, 3.05) is 13.1 Å². The molecule has 1 amide bonds. The topological polar surface area (TPSA) is 92.5 Å². The molecule has 0 spiro atoms. The molecule has 0 aliphatic heterocycles. The van der Waals surface area contributed by atoms with Crippen LogP contribution in [0.2, 0.25) is 0 Å². The Balaban J connectivity index is 2.01. The van der Waals surface area contributed by atoms with Crippen LogP contribution in [0.1, 0.15) is 40.9 Å². The third kappa shape index (κ3) is 5.89. The lowest BCUT2D eigenvalue weighted by Crippen LogP contribution is -2.24. The summed E-state index contributed by atoms with van der Waals surface area (Å²) in [6.07, 6.45) is 0. The van der Waals surface area contributed by atoms with Crippen molar-refractivity contribution in [2.24, 2.45) is 5.14 Å². The third-order valence-electron chi connectivity index (χ3n) is 4.53. The predicted molar refractivity (Wildman–Crippen MR) is 107 cm³/mol. The number of nitrogens with two attached hydrogens (primary N) is 1. The van der Waals surface area contributed by atoms with Gasteiger partial charge in [-0.1, -0.05) is 44.2 Å². The van der Waals surface area contributed by atoms with Crippen molar-refractivity contribution in [1.82, 2.24) is 10.2 Å². The van der Waals surface area contributed by atoms with Gasteiger partial charge in [-0.25, -0.2) is 13.6 Å². The summed E-state index contributed by atoms with van der Waals surface area (Å²) in [5.41, 5.74) is 2.98. The number of amides is 1. The maximum absolute atomic E-state index is 12.3. The Morgan fingerprint density at radius 1 is 1.04 bits per heavy atom. The van der Waals surface area contributed by atoms with Crippen LogP contribution in [0.5, 0.6) is 0 Å². The maximum atomic E-state index is 12.3. The van der Waals surface area contributed by atoms with Crippen molar-refractivity contribution in [3.63, 3.8) is 0 Å². The van der Waals surface area contributed by atoms with E-state index in [0.29, 0.717) is 12.1 Å². The molecule has 0 aliphatic rings. The van der Waals surface area contributed by atoms with Gasteiger partial charge in [-0.3, -0.25) is 9.69 Å². The summed E-state index contributed by atoms with van der Waals surface area (Å²) in [6.45, 7) is 9.19. The van der Waals surface area contributed by atoms with Gasteiger partial charge in [0, 0.05) is 18.7 Å². The Hall–Kier alpha value is -2.22. The highest BCUT2D eigenvalue weighted by Gasteiger charge is 2.15. The summed E-state index contributed by atoms with van der Waals surface area (Å²) in [5, 5.41) is 8.01. The largest absolute Gasteiger partial charge is 0.348 e. The summed E-state index contributed by atoms with van der Waals surface area (Å²) in [6, 6.07) is 12.6. The van der Waals surface area contributed by atoms with E-state index in [2.05, 4.69) is 36.2 Å². The first-order valence-corrected chi connectivity index (χ1v) is 10.5. The molecule has 2 rings (SSSR count). The van der Waals surface area contributed by atoms with Crippen molar-refractivity contribution in [1.29, 1.82) is 0 Å². The van der Waals surface area contributed by atoms with Gasteiger partial charge in [-0.05, 0) is 48.8 Å². The fourth-order valence-corrected chi connectivity index (χ4v) is 3.61. The molecule has 3 N–H and O–H groups in total. The van der Waals surface area contributed by atoms with Crippen LogP contribution < -0.4 is 10.5 Å². The number of nitrogens with one attached hydrogen (secondary N) is 1. The number of nitrogens with zero attached hydrogens (tertiary/aromatic N) is 1. The minimum Gasteiger partial charge on any atom is -0.348 e. The van der Waals surface area contributed by atoms with Gasteiger partial charge >= 0.3 is 0 Å². The standard InChI is InChI=1S/C20H27N3O3S/c1-4-23(5-2)14-17-9-7-16(8-10-17)13-22-20(24)18-11-6-15(3)19(12-18)27(21,25)26/h6-12H,4-5,13-14H2,1-3H3,(H,22,24)(H2,21,25,26). The number of primary sulfonamides is 1. The summed E-state index contributed by atoms with van der Waals surface area (Å²) in [7, 11) is -3.86. The molecule has 0 heterocycles. The van der Waals surface area contributed by atoms with E-state index in [1.54, 1.807) is 19.1 Å². The molecule has 0 atom stereocenters.